The van der Waals surface area contributed by atoms with Crippen LogP contribution in [0.2, 0.25) is 0 Å². The third kappa shape index (κ3) is 1.73. The number of halogens is 3. The lowest BCUT2D eigenvalue weighted by molar-refractivity contribution is -0.387. The first kappa shape index (κ1) is 10.2. The number of H-pyrrole nitrogens is 1. The number of rotatable bonds is 2. The summed E-state index contributed by atoms with van der Waals surface area (Å²) in [5, 5.41) is 10.1. The highest BCUT2D eigenvalue weighted by Gasteiger charge is 2.24. The zero-order valence-corrected chi connectivity index (χ0v) is 6.46. The molecule has 0 saturated heterocycles. The minimum atomic E-state index is -3.30. The van der Waals surface area contributed by atoms with E-state index in [2.05, 4.69) is 0 Å². The van der Waals surface area contributed by atoms with E-state index in [-0.39, 0.29) is 0 Å². The van der Waals surface area contributed by atoms with Gasteiger partial charge in [-0.25, -0.2) is 8.78 Å². The Labute approximate surface area is 74.3 Å². The maximum absolute atomic E-state index is 12.9. The van der Waals surface area contributed by atoms with E-state index in [4.69, 9.17) is 0 Å². The van der Waals surface area contributed by atoms with Gasteiger partial charge in [0.25, 0.3) is 12.0 Å². The lowest BCUT2D eigenvalue weighted by Crippen LogP contribution is -2.13. The number of alkyl halides is 2. The average Bonchev–Trinajstić information content (AvgIpc) is 2.07. The van der Waals surface area contributed by atoms with Crippen LogP contribution in [0, 0.1) is 15.9 Å². The molecule has 8 heteroatoms. The summed E-state index contributed by atoms with van der Waals surface area (Å²) in [6, 6.07) is 0.307. The molecule has 14 heavy (non-hydrogen) atoms. The van der Waals surface area contributed by atoms with E-state index in [1.165, 1.54) is 4.98 Å². The Bertz CT molecular complexity index is 429. The number of hydrogen-bond acceptors (Lipinski definition) is 3. The van der Waals surface area contributed by atoms with Crippen LogP contribution in [0.1, 0.15) is 12.1 Å². The van der Waals surface area contributed by atoms with Crippen molar-refractivity contribution < 1.29 is 18.1 Å². The summed E-state index contributed by atoms with van der Waals surface area (Å²) in [5.41, 5.74) is -3.78. The standard InChI is InChI=1S/C6H3F3N2O3/c7-4-2(11(13)14)1-3(12)10-5(4)6(8)9/h1,6H,(H,10,12). The topological polar surface area (TPSA) is 76.0 Å². The van der Waals surface area contributed by atoms with Gasteiger partial charge in [-0.15, -0.1) is 0 Å². The van der Waals surface area contributed by atoms with E-state index in [1.807, 2.05) is 0 Å². The fourth-order valence-electron chi connectivity index (χ4n) is 0.832. The van der Waals surface area contributed by atoms with Gasteiger partial charge in [-0.05, 0) is 0 Å². The monoisotopic (exact) mass is 208 g/mol. The van der Waals surface area contributed by atoms with Crippen molar-refractivity contribution in [2.45, 2.75) is 6.43 Å². The first-order valence-electron chi connectivity index (χ1n) is 3.28. The molecule has 0 saturated carbocycles. The Balaban J connectivity index is 3.48. The molecule has 0 unspecified atom stereocenters. The molecule has 0 atom stereocenters. The molecule has 0 bridgehead atoms. The molecule has 0 aliphatic rings. The van der Waals surface area contributed by atoms with Gasteiger partial charge < -0.3 is 4.98 Å². The van der Waals surface area contributed by atoms with Gasteiger partial charge in [0.05, 0.1) is 11.0 Å². The minimum absolute atomic E-state index is 0.307. The van der Waals surface area contributed by atoms with Crippen LogP contribution < -0.4 is 5.56 Å². The van der Waals surface area contributed by atoms with Gasteiger partial charge in [0.1, 0.15) is 5.69 Å². The molecule has 0 amide bonds. The Kier molecular flexibility index (Phi) is 2.54. The molecule has 0 radical (unpaired) electrons. The third-order valence-electron chi connectivity index (χ3n) is 1.40. The quantitative estimate of drug-likeness (QED) is 0.588. The fourth-order valence-corrected chi connectivity index (χ4v) is 0.832. The summed E-state index contributed by atoms with van der Waals surface area (Å²) in [4.78, 5) is 21.0. The summed E-state index contributed by atoms with van der Waals surface area (Å²) < 4.78 is 36.9. The van der Waals surface area contributed by atoms with E-state index in [0.29, 0.717) is 6.07 Å². The van der Waals surface area contributed by atoms with Crippen LogP contribution in [-0.2, 0) is 0 Å². The summed E-state index contributed by atoms with van der Waals surface area (Å²) in [5.74, 6) is -1.72. The predicted octanol–water partition coefficient (Wildman–Crippen LogP) is 1.36. The van der Waals surface area contributed by atoms with Crippen molar-refractivity contribution in [1.82, 2.24) is 4.98 Å². The largest absolute Gasteiger partial charge is 0.318 e. The molecule has 0 fully saturated rings. The second-order valence-corrected chi connectivity index (χ2v) is 2.30. The van der Waals surface area contributed by atoms with Crippen molar-refractivity contribution in [1.29, 1.82) is 0 Å². The number of aromatic amines is 1. The Morgan fingerprint density at radius 3 is 2.50 bits per heavy atom. The van der Waals surface area contributed by atoms with E-state index < -0.39 is 34.1 Å². The molecule has 0 spiro atoms. The van der Waals surface area contributed by atoms with Crippen molar-refractivity contribution in [3.8, 4) is 0 Å². The van der Waals surface area contributed by atoms with Crippen LogP contribution in [0.25, 0.3) is 0 Å². The highest BCUT2D eigenvalue weighted by molar-refractivity contribution is 5.32. The van der Waals surface area contributed by atoms with Crippen molar-refractivity contribution >= 4 is 5.69 Å². The molecule has 76 valence electrons. The average molecular weight is 208 g/mol. The van der Waals surface area contributed by atoms with E-state index in [9.17, 15) is 28.1 Å². The number of pyridine rings is 1. The maximum Gasteiger partial charge on any atom is 0.312 e. The number of hydrogen-bond donors (Lipinski definition) is 1. The SMILES string of the molecule is O=c1cc([N+](=O)[O-])c(F)c(C(F)F)[nH]1. The molecule has 0 aliphatic heterocycles. The summed E-state index contributed by atoms with van der Waals surface area (Å²) in [7, 11) is 0. The fraction of sp³-hybridized carbons (Fsp3) is 0.167. The molecule has 0 aliphatic carbocycles. The Morgan fingerprint density at radius 2 is 2.07 bits per heavy atom. The molecular weight excluding hydrogens is 205 g/mol. The van der Waals surface area contributed by atoms with Gasteiger partial charge in [-0.2, -0.15) is 4.39 Å². The van der Waals surface area contributed by atoms with Crippen molar-refractivity contribution in [2.75, 3.05) is 0 Å². The molecule has 1 aromatic rings. The first-order valence-corrected chi connectivity index (χ1v) is 3.28. The third-order valence-corrected chi connectivity index (χ3v) is 1.40. The molecule has 1 heterocycles. The van der Waals surface area contributed by atoms with E-state index in [1.54, 1.807) is 0 Å². The second kappa shape index (κ2) is 3.48. The second-order valence-electron chi connectivity index (χ2n) is 2.30. The molecule has 5 nitrogen and oxygen atoms in total. The first-order chi connectivity index (χ1) is 6.43. The van der Waals surface area contributed by atoms with Gasteiger partial charge >= 0.3 is 5.69 Å². The van der Waals surface area contributed by atoms with Crippen LogP contribution in [0.15, 0.2) is 10.9 Å². The zero-order chi connectivity index (χ0) is 10.9. The number of nitrogens with zero attached hydrogens (tertiary/aromatic N) is 1. The molecular formula is C6H3F3N2O3. The van der Waals surface area contributed by atoms with Crippen LogP contribution >= 0.6 is 0 Å². The number of aromatic nitrogens is 1. The number of nitro groups is 1. The Hall–Kier alpha value is -1.86. The molecule has 1 rings (SSSR count). The van der Waals surface area contributed by atoms with Crippen molar-refractivity contribution in [2.24, 2.45) is 0 Å². The predicted molar refractivity (Wildman–Crippen MR) is 38.6 cm³/mol. The summed E-state index contributed by atoms with van der Waals surface area (Å²) in [6.07, 6.45) is -3.30. The lowest BCUT2D eigenvalue weighted by atomic mass is 10.3. The minimum Gasteiger partial charge on any atom is -0.318 e. The molecule has 1 N–H and O–H groups in total. The molecule has 0 aromatic carbocycles. The van der Waals surface area contributed by atoms with Gasteiger partial charge in [-0.1, -0.05) is 0 Å². The molecule has 1 aromatic heterocycles. The van der Waals surface area contributed by atoms with Crippen LogP contribution in [0.3, 0.4) is 0 Å². The highest BCUT2D eigenvalue weighted by Crippen LogP contribution is 2.24. The lowest BCUT2D eigenvalue weighted by Gasteiger charge is -2.00. The summed E-state index contributed by atoms with van der Waals surface area (Å²) >= 11 is 0. The number of nitrogens with one attached hydrogen (secondary N) is 1. The van der Waals surface area contributed by atoms with Gasteiger partial charge in [0.2, 0.25) is 5.82 Å². The van der Waals surface area contributed by atoms with E-state index >= 15 is 0 Å². The smallest absolute Gasteiger partial charge is 0.312 e. The highest BCUT2D eigenvalue weighted by atomic mass is 19.3. The van der Waals surface area contributed by atoms with Gasteiger partial charge in [-0.3, -0.25) is 14.9 Å². The van der Waals surface area contributed by atoms with E-state index in [0.717, 1.165) is 0 Å². The van der Waals surface area contributed by atoms with Crippen LogP contribution in [-0.4, -0.2) is 9.91 Å². The summed E-state index contributed by atoms with van der Waals surface area (Å²) in [6.45, 7) is 0. The zero-order valence-electron chi connectivity index (χ0n) is 6.46. The van der Waals surface area contributed by atoms with Crippen LogP contribution in [0.4, 0.5) is 18.9 Å². The van der Waals surface area contributed by atoms with Gasteiger partial charge in [0.15, 0.2) is 0 Å². The van der Waals surface area contributed by atoms with Gasteiger partial charge in [0, 0.05) is 0 Å². The maximum atomic E-state index is 12.9. The Morgan fingerprint density at radius 1 is 1.50 bits per heavy atom. The van der Waals surface area contributed by atoms with Crippen LogP contribution in [0.5, 0.6) is 0 Å². The normalized spacial score (nSPS) is 10.6. The van der Waals surface area contributed by atoms with Crippen molar-refractivity contribution in [3.63, 3.8) is 0 Å². The van der Waals surface area contributed by atoms with Crippen molar-refractivity contribution in [3.05, 3.63) is 38.0 Å².